The van der Waals surface area contributed by atoms with E-state index < -0.39 is 0 Å². The topological polar surface area (TPSA) is 9.23 Å². The van der Waals surface area contributed by atoms with E-state index in [0.717, 1.165) is 0 Å². The quantitative estimate of drug-likeness (QED) is 0.682. The van der Waals surface area contributed by atoms with Crippen molar-refractivity contribution in [3.63, 3.8) is 0 Å². The average Bonchev–Trinajstić information content (AvgIpc) is 1.95. The summed E-state index contributed by atoms with van der Waals surface area (Å²) in [5, 5.41) is 0. The first-order valence-corrected chi connectivity index (χ1v) is 3.44. The van der Waals surface area contributed by atoms with Gasteiger partial charge in [-0.25, -0.2) is 4.39 Å². The molecule has 0 aliphatic heterocycles. The normalized spacial score (nSPS) is 9.50. The van der Waals surface area contributed by atoms with E-state index in [1.54, 1.807) is 0 Å². The monoisotopic (exact) mass is 203 g/mol. The van der Waals surface area contributed by atoms with Gasteiger partial charge in [-0.05, 0) is 34.1 Å². The van der Waals surface area contributed by atoms with Crippen molar-refractivity contribution in [1.82, 2.24) is 0 Å². The molecule has 1 aromatic rings. The molecule has 53 valence electrons. The van der Waals surface area contributed by atoms with E-state index in [2.05, 4.69) is 26.7 Å². The van der Waals surface area contributed by atoms with Gasteiger partial charge in [0.25, 0.3) is 0 Å². The number of rotatable bonds is 1. The number of ether oxygens (including phenoxy) is 1. The van der Waals surface area contributed by atoms with Gasteiger partial charge in [0.15, 0.2) is 11.6 Å². The Labute approximate surface area is 66.9 Å². The molecule has 3 heteroatoms. The molecule has 0 bridgehead atoms. The minimum Gasteiger partial charge on any atom is -0.494 e. The lowest BCUT2D eigenvalue weighted by Crippen LogP contribution is -1.87. The summed E-state index contributed by atoms with van der Waals surface area (Å²) in [6.45, 7) is 0. The molecule has 0 heterocycles. The maximum Gasteiger partial charge on any atom is 0.179 e. The smallest absolute Gasteiger partial charge is 0.179 e. The first kappa shape index (κ1) is 7.54. The molecule has 0 unspecified atom stereocenters. The third-order valence-corrected chi connectivity index (χ3v) is 1.65. The fraction of sp³-hybridized carbons (Fsp3) is 0.143. The van der Waals surface area contributed by atoms with Crippen molar-refractivity contribution in [3.05, 3.63) is 28.5 Å². The van der Waals surface area contributed by atoms with Crippen molar-refractivity contribution >= 4 is 15.9 Å². The fourth-order valence-corrected chi connectivity index (χ4v) is 0.911. The molecule has 1 radical (unpaired) electrons. The van der Waals surface area contributed by atoms with Crippen LogP contribution in [0.5, 0.6) is 5.75 Å². The predicted octanol–water partition coefficient (Wildman–Crippen LogP) is 2.40. The van der Waals surface area contributed by atoms with Crippen LogP contribution in [-0.2, 0) is 0 Å². The van der Waals surface area contributed by atoms with Gasteiger partial charge in [0.05, 0.1) is 11.6 Å². The summed E-state index contributed by atoms with van der Waals surface area (Å²) in [6, 6.07) is 5.65. The average molecular weight is 204 g/mol. The maximum atomic E-state index is 12.8. The van der Waals surface area contributed by atoms with E-state index in [1.807, 2.05) is 0 Å². The number of benzene rings is 1. The van der Waals surface area contributed by atoms with Gasteiger partial charge in [0.1, 0.15) is 0 Å². The SMILES string of the molecule is COc1c[c]cc(Br)c1F. The second-order valence-corrected chi connectivity index (χ2v) is 2.54. The zero-order valence-corrected chi connectivity index (χ0v) is 6.90. The molecule has 0 aliphatic rings. The molecule has 1 rings (SSSR count). The molecule has 0 aliphatic carbocycles. The van der Waals surface area contributed by atoms with Crippen LogP contribution in [0.3, 0.4) is 0 Å². The molecule has 0 spiro atoms. The summed E-state index contributed by atoms with van der Waals surface area (Å²) in [4.78, 5) is 0. The molecule has 1 aromatic carbocycles. The third kappa shape index (κ3) is 1.29. The second-order valence-electron chi connectivity index (χ2n) is 1.69. The van der Waals surface area contributed by atoms with Crippen LogP contribution in [-0.4, -0.2) is 7.11 Å². The van der Waals surface area contributed by atoms with Gasteiger partial charge in [-0.15, -0.1) is 0 Å². The highest BCUT2D eigenvalue weighted by molar-refractivity contribution is 9.10. The van der Waals surface area contributed by atoms with E-state index in [4.69, 9.17) is 0 Å². The van der Waals surface area contributed by atoms with Gasteiger partial charge in [0, 0.05) is 0 Å². The van der Waals surface area contributed by atoms with Gasteiger partial charge < -0.3 is 4.74 Å². The van der Waals surface area contributed by atoms with E-state index in [9.17, 15) is 4.39 Å². The van der Waals surface area contributed by atoms with Gasteiger partial charge in [0.2, 0.25) is 0 Å². The predicted molar refractivity (Wildman–Crippen MR) is 39.5 cm³/mol. The molecule has 0 amide bonds. The standard InChI is InChI=1S/C7H5BrFO/c1-10-6-4-2-3-5(8)7(6)9/h3-4H,1H3. The largest absolute Gasteiger partial charge is 0.494 e. The highest BCUT2D eigenvalue weighted by Gasteiger charge is 2.03. The number of hydrogen-bond acceptors (Lipinski definition) is 1. The zero-order chi connectivity index (χ0) is 7.56. The van der Waals surface area contributed by atoms with Crippen molar-refractivity contribution in [2.45, 2.75) is 0 Å². The minimum absolute atomic E-state index is 0.203. The number of halogens is 2. The molecule has 0 atom stereocenters. The Morgan fingerprint density at radius 2 is 2.30 bits per heavy atom. The van der Waals surface area contributed by atoms with Crippen LogP contribution in [0.4, 0.5) is 4.39 Å². The Balaban J connectivity index is 3.14. The third-order valence-electron chi connectivity index (χ3n) is 1.07. The minimum atomic E-state index is -0.388. The van der Waals surface area contributed by atoms with Crippen LogP contribution in [0.15, 0.2) is 16.6 Å². The fourth-order valence-electron chi connectivity index (χ4n) is 0.583. The Morgan fingerprint density at radius 1 is 1.60 bits per heavy atom. The Kier molecular flexibility index (Phi) is 2.27. The molecular formula is C7H5BrFO. The van der Waals surface area contributed by atoms with Crippen LogP contribution in [0.2, 0.25) is 0 Å². The van der Waals surface area contributed by atoms with Crippen molar-refractivity contribution in [3.8, 4) is 5.75 Å². The van der Waals surface area contributed by atoms with E-state index >= 15 is 0 Å². The van der Waals surface area contributed by atoms with Crippen LogP contribution >= 0.6 is 15.9 Å². The van der Waals surface area contributed by atoms with Crippen molar-refractivity contribution in [2.24, 2.45) is 0 Å². The second kappa shape index (κ2) is 3.01. The van der Waals surface area contributed by atoms with Crippen molar-refractivity contribution < 1.29 is 9.13 Å². The Hall–Kier alpha value is -0.570. The van der Waals surface area contributed by atoms with E-state index in [1.165, 1.54) is 19.2 Å². The van der Waals surface area contributed by atoms with Gasteiger partial charge >= 0.3 is 0 Å². The Morgan fingerprint density at radius 3 is 2.80 bits per heavy atom. The highest BCUT2D eigenvalue weighted by atomic mass is 79.9. The van der Waals surface area contributed by atoms with Gasteiger partial charge in [-0.3, -0.25) is 0 Å². The van der Waals surface area contributed by atoms with E-state index in [0.29, 0.717) is 4.47 Å². The summed E-state index contributed by atoms with van der Waals surface area (Å²) in [5.41, 5.74) is 0. The van der Waals surface area contributed by atoms with Crippen LogP contribution in [0.1, 0.15) is 0 Å². The lowest BCUT2D eigenvalue weighted by Gasteiger charge is -2.00. The van der Waals surface area contributed by atoms with Gasteiger partial charge in [-0.2, -0.15) is 0 Å². The molecular weight excluding hydrogens is 199 g/mol. The summed E-state index contributed by atoms with van der Waals surface area (Å²) in [5.74, 6) is -0.185. The number of hydrogen-bond donors (Lipinski definition) is 0. The molecule has 0 fully saturated rings. The molecule has 1 nitrogen and oxygen atoms in total. The van der Waals surface area contributed by atoms with Crippen LogP contribution < -0.4 is 4.74 Å². The maximum absolute atomic E-state index is 12.8. The van der Waals surface area contributed by atoms with Crippen LogP contribution in [0.25, 0.3) is 0 Å². The first-order chi connectivity index (χ1) is 4.75. The van der Waals surface area contributed by atoms with Crippen LogP contribution in [0, 0.1) is 11.9 Å². The lowest BCUT2D eigenvalue weighted by molar-refractivity contribution is 0.385. The van der Waals surface area contributed by atoms with Crippen molar-refractivity contribution in [1.29, 1.82) is 0 Å². The van der Waals surface area contributed by atoms with E-state index in [-0.39, 0.29) is 11.6 Å². The molecule has 0 aromatic heterocycles. The highest BCUT2D eigenvalue weighted by Crippen LogP contribution is 2.23. The summed E-state index contributed by atoms with van der Waals surface area (Å²) in [6.07, 6.45) is 0. The summed E-state index contributed by atoms with van der Waals surface area (Å²) in [7, 11) is 1.42. The zero-order valence-electron chi connectivity index (χ0n) is 5.32. The molecule has 0 N–H and O–H groups in total. The summed E-state index contributed by atoms with van der Waals surface area (Å²) >= 11 is 3.00. The Bertz CT molecular complexity index is 237. The lowest BCUT2D eigenvalue weighted by atomic mass is 10.3. The molecule has 0 saturated carbocycles. The number of methoxy groups -OCH3 is 1. The molecule has 10 heavy (non-hydrogen) atoms. The summed E-state index contributed by atoms with van der Waals surface area (Å²) < 4.78 is 17.9. The molecule has 0 saturated heterocycles. The van der Waals surface area contributed by atoms with Crippen molar-refractivity contribution in [2.75, 3.05) is 7.11 Å². The first-order valence-electron chi connectivity index (χ1n) is 2.65. The van der Waals surface area contributed by atoms with Gasteiger partial charge in [-0.1, -0.05) is 0 Å².